The maximum Gasteiger partial charge on any atom is 0.253 e. The highest BCUT2D eigenvalue weighted by Crippen LogP contribution is 2.32. The molecule has 1 saturated carbocycles. The molecule has 17 heavy (non-hydrogen) atoms. The Kier molecular flexibility index (Phi) is 4.10. The SMILES string of the molecule is CN(CC1CC(Cl)C1)C(=O)c1ccc(Br)cc1. The van der Waals surface area contributed by atoms with E-state index in [1.165, 1.54) is 0 Å². The zero-order chi connectivity index (χ0) is 12.4. The van der Waals surface area contributed by atoms with Crippen LogP contribution < -0.4 is 0 Å². The zero-order valence-corrected chi connectivity index (χ0v) is 12.0. The van der Waals surface area contributed by atoms with Gasteiger partial charge in [0.15, 0.2) is 0 Å². The second kappa shape index (κ2) is 5.40. The lowest BCUT2D eigenvalue weighted by atomic mass is 9.84. The maximum atomic E-state index is 12.1. The van der Waals surface area contributed by atoms with Gasteiger partial charge in [0.25, 0.3) is 5.91 Å². The van der Waals surface area contributed by atoms with Gasteiger partial charge in [0, 0.05) is 29.0 Å². The minimum atomic E-state index is 0.0792. The summed E-state index contributed by atoms with van der Waals surface area (Å²) in [7, 11) is 1.85. The van der Waals surface area contributed by atoms with Gasteiger partial charge in [-0.05, 0) is 43.0 Å². The average molecular weight is 317 g/mol. The lowest BCUT2D eigenvalue weighted by molar-refractivity contribution is 0.0747. The molecule has 0 unspecified atom stereocenters. The molecule has 2 nitrogen and oxygen atoms in total. The number of nitrogens with zero attached hydrogens (tertiary/aromatic N) is 1. The third kappa shape index (κ3) is 3.23. The van der Waals surface area contributed by atoms with E-state index in [2.05, 4.69) is 15.9 Å². The molecule has 0 aliphatic heterocycles. The molecule has 0 heterocycles. The second-order valence-corrected chi connectivity index (χ2v) is 6.16. The highest BCUT2D eigenvalue weighted by atomic mass is 79.9. The van der Waals surface area contributed by atoms with E-state index < -0.39 is 0 Å². The summed E-state index contributed by atoms with van der Waals surface area (Å²) in [5, 5.41) is 0.316. The standard InChI is InChI=1S/C13H15BrClNO/c1-16(8-9-6-12(15)7-9)13(17)10-2-4-11(14)5-3-10/h2-5,9,12H,6-8H2,1H3. The lowest BCUT2D eigenvalue weighted by Gasteiger charge is -2.34. The summed E-state index contributed by atoms with van der Waals surface area (Å²) in [6, 6.07) is 7.46. The molecule has 1 amide bonds. The van der Waals surface area contributed by atoms with Gasteiger partial charge in [-0.15, -0.1) is 11.6 Å². The molecular formula is C13H15BrClNO. The second-order valence-electron chi connectivity index (χ2n) is 4.63. The van der Waals surface area contributed by atoms with E-state index in [1.807, 2.05) is 31.3 Å². The predicted octanol–water partition coefficient (Wildman–Crippen LogP) is 3.54. The molecule has 1 aromatic carbocycles. The Bertz CT molecular complexity index is 400. The van der Waals surface area contributed by atoms with Crippen LogP contribution in [0.5, 0.6) is 0 Å². The van der Waals surface area contributed by atoms with Crippen LogP contribution in [0.15, 0.2) is 28.7 Å². The number of hydrogen-bond donors (Lipinski definition) is 0. The highest BCUT2D eigenvalue weighted by Gasteiger charge is 2.29. The first-order valence-corrected chi connectivity index (χ1v) is 6.94. The Morgan fingerprint density at radius 1 is 1.41 bits per heavy atom. The number of carbonyl (C=O) groups excluding carboxylic acids is 1. The van der Waals surface area contributed by atoms with Crippen LogP contribution in [0.2, 0.25) is 0 Å². The van der Waals surface area contributed by atoms with Crippen LogP contribution >= 0.6 is 27.5 Å². The van der Waals surface area contributed by atoms with Crippen molar-refractivity contribution in [3.8, 4) is 0 Å². The fourth-order valence-corrected chi connectivity index (χ4v) is 2.85. The minimum Gasteiger partial charge on any atom is -0.341 e. The number of rotatable bonds is 3. The predicted molar refractivity (Wildman–Crippen MR) is 73.5 cm³/mol. The van der Waals surface area contributed by atoms with Crippen molar-refractivity contribution in [1.29, 1.82) is 0 Å². The Labute approximate surface area is 115 Å². The van der Waals surface area contributed by atoms with Gasteiger partial charge < -0.3 is 4.90 Å². The summed E-state index contributed by atoms with van der Waals surface area (Å²) >= 11 is 9.29. The quantitative estimate of drug-likeness (QED) is 0.781. The van der Waals surface area contributed by atoms with Crippen LogP contribution in [-0.4, -0.2) is 29.8 Å². The van der Waals surface area contributed by atoms with Crippen LogP contribution in [-0.2, 0) is 0 Å². The van der Waals surface area contributed by atoms with E-state index in [0.29, 0.717) is 11.3 Å². The van der Waals surface area contributed by atoms with Gasteiger partial charge in [0.2, 0.25) is 0 Å². The molecule has 2 rings (SSSR count). The van der Waals surface area contributed by atoms with Crippen LogP contribution in [0, 0.1) is 5.92 Å². The van der Waals surface area contributed by atoms with Gasteiger partial charge in [-0.3, -0.25) is 4.79 Å². The summed E-state index contributed by atoms with van der Waals surface area (Å²) in [6.07, 6.45) is 2.05. The lowest BCUT2D eigenvalue weighted by Crippen LogP contribution is -2.37. The maximum absolute atomic E-state index is 12.1. The van der Waals surface area contributed by atoms with E-state index in [-0.39, 0.29) is 5.91 Å². The summed E-state index contributed by atoms with van der Waals surface area (Å²) in [4.78, 5) is 13.9. The summed E-state index contributed by atoms with van der Waals surface area (Å²) in [5.41, 5.74) is 0.734. The van der Waals surface area contributed by atoms with Crippen molar-refractivity contribution in [2.75, 3.05) is 13.6 Å². The van der Waals surface area contributed by atoms with E-state index in [1.54, 1.807) is 4.90 Å². The van der Waals surface area contributed by atoms with E-state index in [4.69, 9.17) is 11.6 Å². The molecule has 1 fully saturated rings. The number of halogens is 2. The van der Waals surface area contributed by atoms with Crippen molar-refractivity contribution in [2.24, 2.45) is 5.92 Å². The molecule has 0 N–H and O–H groups in total. The highest BCUT2D eigenvalue weighted by molar-refractivity contribution is 9.10. The number of amides is 1. The van der Waals surface area contributed by atoms with Gasteiger partial charge in [0.1, 0.15) is 0 Å². The fourth-order valence-electron chi connectivity index (χ4n) is 2.09. The van der Waals surface area contributed by atoms with Gasteiger partial charge in [0.05, 0.1) is 0 Å². The zero-order valence-electron chi connectivity index (χ0n) is 9.70. The van der Waals surface area contributed by atoms with Gasteiger partial charge in [-0.2, -0.15) is 0 Å². The molecule has 0 aromatic heterocycles. The molecule has 0 radical (unpaired) electrons. The van der Waals surface area contributed by atoms with Crippen molar-refractivity contribution in [3.05, 3.63) is 34.3 Å². The van der Waals surface area contributed by atoms with Crippen molar-refractivity contribution >= 4 is 33.4 Å². The molecule has 0 spiro atoms. The fraction of sp³-hybridized carbons (Fsp3) is 0.462. The van der Waals surface area contributed by atoms with Crippen molar-refractivity contribution < 1.29 is 4.79 Å². The number of carbonyl (C=O) groups is 1. The summed E-state index contributed by atoms with van der Waals surface area (Å²) in [5.74, 6) is 0.650. The van der Waals surface area contributed by atoms with Crippen LogP contribution in [0.3, 0.4) is 0 Å². The molecule has 1 aliphatic rings. The molecule has 4 heteroatoms. The monoisotopic (exact) mass is 315 g/mol. The third-order valence-corrected chi connectivity index (χ3v) is 4.03. The van der Waals surface area contributed by atoms with Gasteiger partial charge >= 0.3 is 0 Å². The van der Waals surface area contributed by atoms with E-state index in [9.17, 15) is 4.79 Å². The average Bonchev–Trinajstić information content (AvgIpc) is 2.27. The molecule has 1 aromatic rings. The topological polar surface area (TPSA) is 20.3 Å². The van der Waals surface area contributed by atoms with Crippen LogP contribution in [0.25, 0.3) is 0 Å². The first kappa shape index (κ1) is 12.9. The first-order valence-electron chi connectivity index (χ1n) is 5.71. The Morgan fingerprint density at radius 3 is 2.53 bits per heavy atom. The minimum absolute atomic E-state index is 0.0792. The van der Waals surface area contributed by atoms with Gasteiger partial charge in [-0.25, -0.2) is 0 Å². The largest absolute Gasteiger partial charge is 0.341 e. The van der Waals surface area contributed by atoms with Crippen LogP contribution in [0.1, 0.15) is 23.2 Å². The van der Waals surface area contributed by atoms with E-state index >= 15 is 0 Å². The van der Waals surface area contributed by atoms with E-state index in [0.717, 1.165) is 29.4 Å². The normalized spacial score (nSPS) is 23.0. The van der Waals surface area contributed by atoms with Crippen molar-refractivity contribution in [3.63, 3.8) is 0 Å². The van der Waals surface area contributed by atoms with Crippen LogP contribution in [0.4, 0.5) is 0 Å². The molecule has 92 valence electrons. The summed E-state index contributed by atoms with van der Waals surface area (Å²) in [6.45, 7) is 0.804. The molecule has 1 aliphatic carbocycles. The third-order valence-electron chi connectivity index (χ3n) is 3.15. The number of alkyl halides is 1. The molecule has 0 atom stereocenters. The van der Waals surface area contributed by atoms with Crippen molar-refractivity contribution in [2.45, 2.75) is 18.2 Å². The van der Waals surface area contributed by atoms with Crippen molar-refractivity contribution in [1.82, 2.24) is 4.90 Å². The molecule has 0 bridgehead atoms. The Hall–Kier alpha value is -0.540. The van der Waals surface area contributed by atoms with Gasteiger partial charge in [-0.1, -0.05) is 15.9 Å². The number of hydrogen-bond acceptors (Lipinski definition) is 1. The smallest absolute Gasteiger partial charge is 0.253 e. The summed E-state index contributed by atoms with van der Waals surface area (Å²) < 4.78 is 0.987. The molecule has 0 saturated heterocycles. The molecular weight excluding hydrogens is 302 g/mol. The first-order chi connectivity index (χ1) is 8.06. The number of benzene rings is 1. The Morgan fingerprint density at radius 2 is 2.00 bits per heavy atom. The Balaban J connectivity index is 1.92.